The molecule has 0 spiro atoms. The van der Waals surface area contributed by atoms with Gasteiger partial charge in [-0.05, 0) is 19.3 Å². The predicted molar refractivity (Wildman–Crippen MR) is 57.6 cm³/mol. The first-order valence-corrected chi connectivity index (χ1v) is 5.84. The number of alkyl halides is 3. The zero-order valence-corrected chi connectivity index (χ0v) is 9.61. The topological polar surface area (TPSA) is 27.1 Å². The third kappa shape index (κ3) is 4.02. The van der Waals surface area contributed by atoms with E-state index >= 15 is 0 Å². The van der Waals surface area contributed by atoms with Crippen LogP contribution in [0.1, 0.15) is 39.0 Å². The van der Waals surface area contributed by atoms with Crippen molar-refractivity contribution in [2.24, 2.45) is 5.92 Å². The first-order valence-electron chi connectivity index (χ1n) is 5.84. The van der Waals surface area contributed by atoms with E-state index in [1.807, 2.05) is 6.92 Å². The molecule has 0 aromatic rings. The smallest absolute Gasteiger partial charge is 0.351 e. The fraction of sp³-hybridized carbons (Fsp3) is 0.909. The molecule has 0 aromatic heterocycles. The summed E-state index contributed by atoms with van der Waals surface area (Å²) >= 11 is 0. The summed E-state index contributed by atoms with van der Waals surface area (Å²) in [6, 6.07) is 0. The Morgan fingerprint density at radius 3 is 2.31 bits per heavy atom. The zero-order valence-electron chi connectivity index (χ0n) is 9.61. The lowest BCUT2D eigenvalue weighted by Crippen LogP contribution is -2.41. The molecule has 16 heavy (non-hydrogen) atoms. The van der Waals surface area contributed by atoms with Crippen molar-refractivity contribution in [3.63, 3.8) is 0 Å². The maximum absolute atomic E-state index is 12.3. The minimum Gasteiger partial charge on any atom is -0.351 e. The number of nitrogens with zero attached hydrogens (tertiary/aromatic N) is 1. The van der Waals surface area contributed by atoms with Crippen molar-refractivity contribution in [1.82, 2.24) is 4.90 Å². The van der Waals surface area contributed by atoms with Crippen LogP contribution in [0.2, 0.25) is 0 Å². The van der Waals surface area contributed by atoms with E-state index in [4.69, 9.17) is 5.41 Å². The molecule has 1 fully saturated rings. The van der Waals surface area contributed by atoms with E-state index in [0.717, 1.165) is 25.7 Å². The summed E-state index contributed by atoms with van der Waals surface area (Å²) in [7, 11) is 0. The van der Waals surface area contributed by atoms with Crippen molar-refractivity contribution in [2.75, 3.05) is 13.1 Å². The van der Waals surface area contributed by atoms with Crippen molar-refractivity contribution >= 4 is 5.84 Å². The molecule has 0 heterocycles. The SMILES string of the molecule is CCCN(CC(F)(F)F)C(=N)C1CCCC1. The molecular weight excluding hydrogens is 217 g/mol. The summed E-state index contributed by atoms with van der Waals surface area (Å²) in [6.45, 7) is 1.19. The van der Waals surface area contributed by atoms with Crippen LogP contribution in [0.5, 0.6) is 0 Å². The first-order chi connectivity index (χ1) is 7.44. The van der Waals surface area contributed by atoms with Crippen LogP contribution in [-0.4, -0.2) is 30.0 Å². The molecule has 0 radical (unpaired) electrons. The molecule has 5 heteroatoms. The predicted octanol–water partition coefficient (Wildman–Crippen LogP) is 3.43. The van der Waals surface area contributed by atoms with Crippen LogP contribution < -0.4 is 0 Å². The van der Waals surface area contributed by atoms with E-state index in [0.29, 0.717) is 13.0 Å². The molecule has 94 valence electrons. The van der Waals surface area contributed by atoms with Crippen molar-refractivity contribution in [3.8, 4) is 0 Å². The molecule has 1 N–H and O–H groups in total. The molecule has 0 amide bonds. The molecule has 2 nitrogen and oxygen atoms in total. The molecule has 0 atom stereocenters. The summed E-state index contributed by atoms with van der Waals surface area (Å²) in [5, 5.41) is 7.85. The van der Waals surface area contributed by atoms with Gasteiger partial charge >= 0.3 is 6.18 Å². The van der Waals surface area contributed by atoms with E-state index in [1.54, 1.807) is 0 Å². The van der Waals surface area contributed by atoms with Crippen LogP contribution in [0.15, 0.2) is 0 Å². The lowest BCUT2D eigenvalue weighted by molar-refractivity contribution is -0.138. The summed E-state index contributed by atoms with van der Waals surface area (Å²) in [5.74, 6) is 0.241. The second-order valence-corrected chi connectivity index (χ2v) is 4.40. The largest absolute Gasteiger partial charge is 0.405 e. The van der Waals surface area contributed by atoms with Crippen molar-refractivity contribution in [1.29, 1.82) is 5.41 Å². The highest BCUT2D eigenvalue weighted by Gasteiger charge is 2.33. The Hall–Kier alpha value is -0.740. The average molecular weight is 236 g/mol. The first kappa shape index (κ1) is 13.3. The summed E-state index contributed by atoms with van der Waals surface area (Å²) < 4.78 is 37.0. The maximum atomic E-state index is 12.3. The van der Waals surface area contributed by atoms with Gasteiger partial charge in [0.15, 0.2) is 0 Å². The van der Waals surface area contributed by atoms with E-state index in [-0.39, 0.29) is 11.8 Å². The second kappa shape index (κ2) is 5.55. The Labute approximate surface area is 94.3 Å². The molecule has 0 unspecified atom stereocenters. The highest BCUT2D eigenvalue weighted by molar-refractivity contribution is 5.81. The van der Waals surface area contributed by atoms with Gasteiger partial charge < -0.3 is 4.90 Å². The Bertz CT molecular complexity index is 232. The number of nitrogens with one attached hydrogen (secondary N) is 1. The highest BCUT2D eigenvalue weighted by Crippen LogP contribution is 2.28. The third-order valence-electron chi connectivity index (χ3n) is 2.95. The van der Waals surface area contributed by atoms with Crippen LogP contribution in [0, 0.1) is 11.3 Å². The fourth-order valence-corrected chi connectivity index (χ4v) is 2.23. The van der Waals surface area contributed by atoms with Crippen LogP contribution in [-0.2, 0) is 0 Å². The molecule has 0 saturated heterocycles. The second-order valence-electron chi connectivity index (χ2n) is 4.40. The maximum Gasteiger partial charge on any atom is 0.405 e. The van der Waals surface area contributed by atoms with Crippen molar-refractivity contribution in [2.45, 2.75) is 45.2 Å². The monoisotopic (exact) mass is 236 g/mol. The molecule has 1 saturated carbocycles. The highest BCUT2D eigenvalue weighted by atomic mass is 19.4. The Kier molecular flexibility index (Phi) is 4.62. The van der Waals surface area contributed by atoms with Gasteiger partial charge in [0, 0.05) is 12.5 Å². The molecule has 1 rings (SSSR count). The van der Waals surface area contributed by atoms with Crippen molar-refractivity contribution < 1.29 is 13.2 Å². The summed E-state index contributed by atoms with van der Waals surface area (Å²) in [6.07, 6.45) is 0.261. The molecule has 1 aliphatic carbocycles. The van der Waals surface area contributed by atoms with Gasteiger partial charge in [0.1, 0.15) is 6.54 Å². The van der Waals surface area contributed by atoms with Gasteiger partial charge in [0.2, 0.25) is 0 Å². The van der Waals surface area contributed by atoms with Gasteiger partial charge in [-0.1, -0.05) is 19.8 Å². The van der Waals surface area contributed by atoms with Gasteiger partial charge in [0.05, 0.1) is 5.84 Å². The van der Waals surface area contributed by atoms with E-state index in [1.165, 1.54) is 4.90 Å². The fourth-order valence-electron chi connectivity index (χ4n) is 2.23. The number of hydrogen-bond donors (Lipinski definition) is 1. The zero-order chi connectivity index (χ0) is 12.2. The van der Waals surface area contributed by atoms with Gasteiger partial charge in [-0.2, -0.15) is 13.2 Å². The standard InChI is InChI=1S/C11H19F3N2/c1-2-7-16(8-11(12,13)14)10(15)9-5-3-4-6-9/h9,15H,2-8H2,1H3. The van der Waals surface area contributed by atoms with Crippen molar-refractivity contribution in [3.05, 3.63) is 0 Å². The van der Waals surface area contributed by atoms with Gasteiger partial charge in [-0.3, -0.25) is 5.41 Å². The minimum atomic E-state index is -4.21. The van der Waals surface area contributed by atoms with Crippen LogP contribution >= 0.6 is 0 Å². The lowest BCUT2D eigenvalue weighted by Gasteiger charge is -2.28. The van der Waals surface area contributed by atoms with E-state index in [2.05, 4.69) is 0 Å². The minimum absolute atomic E-state index is 0.0499. The number of rotatable bonds is 4. The third-order valence-corrected chi connectivity index (χ3v) is 2.95. The summed E-state index contributed by atoms with van der Waals surface area (Å²) in [5.41, 5.74) is 0. The van der Waals surface area contributed by atoms with Crippen LogP contribution in [0.3, 0.4) is 0 Å². The number of halogens is 3. The number of hydrogen-bond acceptors (Lipinski definition) is 1. The quantitative estimate of drug-likeness (QED) is 0.587. The van der Waals surface area contributed by atoms with Crippen LogP contribution in [0.25, 0.3) is 0 Å². The van der Waals surface area contributed by atoms with Gasteiger partial charge in [-0.25, -0.2) is 0 Å². The Morgan fingerprint density at radius 2 is 1.88 bits per heavy atom. The van der Waals surface area contributed by atoms with Gasteiger partial charge in [0.25, 0.3) is 0 Å². The average Bonchev–Trinajstić information content (AvgIpc) is 2.66. The molecular formula is C11H19F3N2. The molecule has 0 aromatic carbocycles. The van der Waals surface area contributed by atoms with Crippen LogP contribution in [0.4, 0.5) is 13.2 Å². The van der Waals surface area contributed by atoms with E-state index < -0.39 is 12.7 Å². The molecule has 0 aliphatic heterocycles. The van der Waals surface area contributed by atoms with Gasteiger partial charge in [-0.15, -0.1) is 0 Å². The molecule has 0 bridgehead atoms. The normalized spacial score (nSPS) is 17.8. The number of amidine groups is 1. The lowest BCUT2D eigenvalue weighted by atomic mass is 10.1. The van der Waals surface area contributed by atoms with E-state index in [9.17, 15) is 13.2 Å². The Balaban J connectivity index is 2.57. The molecule has 1 aliphatic rings. The summed E-state index contributed by atoms with van der Waals surface area (Å²) in [4.78, 5) is 1.19. The Morgan fingerprint density at radius 1 is 1.31 bits per heavy atom.